The molecular formula is C17H19NO3S. The van der Waals surface area contributed by atoms with E-state index in [4.69, 9.17) is 4.74 Å². The number of allylic oxidation sites excluding steroid dienone is 2. The van der Waals surface area contributed by atoms with E-state index >= 15 is 0 Å². The number of fused-ring (bicyclic) bond motifs is 1. The Balaban J connectivity index is 2.27. The maximum absolute atomic E-state index is 12.4. The molecule has 1 aromatic carbocycles. The van der Waals surface area contributed by atoms with Crippen LogP contribution in [0.2, 0.25) is 0 Å². The maximum atomic E-state index is 12.4. The number of benzene rings is 1. The lowest BCUT2D eigenvalue weighted by atomic mass is 10.1. The second-order valence-corrected chi connectivity index (χ2v) is 6.27. The molecule has 0 spiro atoms. The molecule has 4 nitrogen and oxygen atoms in total. The van der Waals surface area contributed by atoms with Crippen molar-refractivity contribution in [2.45, 2.75) is 25.7 Å². The van der Waals surface area contributed by atoms with E-state index in [1.54, 1.807) is 11.9 Å². The molecule has 1 aliphatic rings. The summed E-state index contributed by atoms with van der Waals surface area (Å²) >= 11 is 1.47. The van der Waals surface area contributed by atoms with Crippen LogP contribution in [0.15, 0.2) is 51.3 Å². The largest absolute Gasteiger partial charge is 0.461 e. The topological polar surface area (TPSA) is 46.6 Å². The minimum atomic E-state index is -0.309. The van der Waals surface area contributed by atoms with Crippen molar-refractivity contribution in [2.24, 2.45) is 0 Å². The first kappa shape index (κ1) is 16.4. The van der Waals surface area contributed by atoms with Gasteiger partial charge in [-0.25, -0.2) is 0 Å². The molecule has 22 heavy (non-hydrogen) atoms. The normalized spacial score (nSPS) is 17.2. The number of anilines is 1. The first-order valence-corrected chi connectivity index (χ1v) is 7.78. The highest BCUT2D eigenvalue weighted by Crippen LogP contribution is 2.40. The fourth-order valence-corrected chi connectivity index (χ4v) is 3.15. The number of thioether (sulfide) groups is 1. The third-order valence-electron chi connectivity index (χ3n) is 3.47. The molecule has 0 atom stereocenters. The van der Waals surface area contributed by atoms with Gasteiger partial charge in [-0.1, -0.05) is 23.9 Å². The summed E-state index contributed by atoms with van der Waals surface area (Å²) < 4.78 is 4.99. The molecule has 0 fully saturated rings. The van der Waals surface area contributed by atoms with Gasteiger partial charge in [0, 0.05) is 18.9 Å². The summed E-state index contributed by atoms with van der Waals surface area (Å²) in [5.41, 5.74) is 2.79. The van der Waals surface area contributed by atoms with Gasteiger partial charge in [-0.15, -0.1) is 0 Å². The fourth-order valence-electron chi connectivity index (χ4n) is 1.99. The van der Waals surface area contributed by atoms with Crippen molar-refractivity contribution in [3.8, 4) is 0 Å². The Morgan fingerprint density at radius 1 is 1.27 bits per heavy atom. The van der Waals surface area contributed by atoms with E-state index in [0.717, 1.165) is 21.7 Å². The molecule has 0 aromatic heterocycles. The number of hydrogen-bond donors (Lipinski definition) is 0. The Bertz CT molecular complexity index is 676. The van der Waals surface area contributed by atoms with E-state index in [2.05, 4.69) is 0 Å². The third kappa shape index (κ3) is 3.60. The lowest BCUT2D eigenvalue weighted by molar-refractivity contribution is -0.140. The summed E-state index contributed by atoms with van der Waals surface area (Å²) in [6.45, 7) is 5.44. The summed E-state index contributed by atoms with van der Waals surface area (Å²) in [5.74, 6) is -0.333. The molecule has 0 N–H and O–H groups in total. The monoisotopic (exact) mass is 317 g/mol. The lowest BCUT2D eigenvalue weighted by Crippen LogP contribution is -2.30. The van der Waals surface area contributed by atoms with Gasteiger partial charge < -0.3 is 9.64 Å². The molecule has 1 aliphatic heterocycles. The molecule has 2 rings (SSSR count). The van der Waals surface area contributed by atoms with E-state index in [9.17, 15) is 9.59 Å². The maximum Gasteiger partial charge on any atom is 0.302 e. The highest BCUT2D eigenvalue weighted by atomic mass is 32.2. The zero-order valence-corrected chi connectivity index (χ0v) is 14.0. The van der Waals surface area contributed by atoms with Crippen LogP contribution in [0.25, 0.3) is 0 Å². The number of para-hydroxylation sites is 1. The molecule has 0 aliphatic carbocycles. The number of rotatable bonds is 3. The van der Waals surface area contributed by atoms with Crippen molar-refractivity contribution >= 4 is 29.3 Å². The zero-order chi connectivity index (χ0) is 16.3. The van der Waals surface area contributed by atoms with Gasteiger partial charge in [0.1, 0.15) is 6.61 Å². The van der Waals surface area contributed by atoms with Crippen molar-refractivity contribution in [1.29, 1.82) is 0 Å². The summed E-state index contributed by atoms with van der Waals surface area (Å²) in [6.07, 6.45) is 1.86. The Morgan fingerprint density at radius 3 is 2.64 bits per heavy atom. The summed E-state index contributed by atoms with van der Waals surface area (Å²) in [7, 11) is 1.78. The summed E-state index contributed by atoms with van der Waals surface area (Å²) in [5, 5.41) is 0. The lowest BCUT2D eigenvalue weighted by Gasteiger charge is -2.26. The number of carbonyl (C=O) groups is 2. The molecule has 0 bridgehead atoms. The van der Waals surface area contributed by atoms with Crippen LogP contribution in [-0.4, -0.2) is 25.5 Å². The van der Waals surface area contributed by atoms with E-state index < -0.39 is 0 Å². The average Bonchev–Trinajstić information content (AvgIpc) is 2.49. The molecule has 0 unspecified atom stereocenters. The van der Waals surface area contributed by atoms with Gasteiger partial charge in [0.25, 0.3) is 5.91 Å². The van der Waals surface area contributed by atoms with Gasteiger partial charge in [-0.3, -0.25) is 9.59 Å². The first-order valence-electron chi connectivity index (χ1n) is 6.96. The van der Waals surface area contributed by atoms with E-state index in [1.807, 2.05) is 44.2 Å². The van der Waals surface area contributed by atoms with Crippen molar-refractivity contribution in [1.82, 2.24) is 0 Å². The van der Waals surface area contributed by atoms with Gasteiger partial charge in [-0.05, 0) is 43.2 Å². The van der Waals surface area contributed by atoms with Crippen LogP contribution in [-0.2, 0) is 14.3 Å². The highest BCUT2D eigenvalue weighted by Gasteiger charge is 2.25. The third-order valence-corrected chi connectivity index (χ3v) is 4.55. The Kier molecular flexibility index (Phi) is 5.08. The highest BCUT2D eigenvalue weighted by molar-refractivity contribution is 8.04. The molecule has 0 saturated carbocycles. The standard InChI is InChI=1S/C17H19NO3S/c1-11(12(2)10-21-13(3)19)9-16-17(20)18(4)14-7-5-6-8-15(14)22-16/h5-9H,10H2,1-4H3/b12-11+,16-9+. The number of hydrogen-bond acceptors (Lipinski definition) is 4. The second-order valence-electron chi connectivity index (χ2n) is 5.19. The van der Waals surface area contributed by atoms with Crippen molar-refractivity contribution in [3.63, 3.8) is 0 Å². The van der Waals surface area contributed by atoms with Crippen molar-refractivity contribution in [2.75, 3.05) is 18.6 Å². The minimum absolute atomic E-state index is 0.0247. The van der Waals surface area contributed by atoms with Crippen LogP contribution in [0.5, 0.6) is 0 Å². The number of ether oxygens (including phenoxy) is 1. The van der Waals surface area contributed by atoms with Crippen molar-refractivity contribution in [3.05, 3.63) is 46.4 Å². The van der Waals surface area contributed by atoms with E-state index in [1.165, 1.54) is 18.7 Å². The molecule has 1 amide bonds. The zero-order valence-electron chi connectivity index (χ0n) is 13.2. The van der Waals surface area contributed by atoms with Crippen LogP contribution < -0.4 is 4.90 Å². The van der Waals surface area contributed by atoms with E-state index in [-0.39, 0.29) is 18.5 Å². The van der Waals surface area contributed by atoms with Gasteiger partial charge in [0.2, 0.25) is 0 Å². The van der Waals surface area contributed by atoms with Crippen molar-refractivity contribution < 1.29 is 14.3 Å². The van der Waals surface area contributed by atoms with Crippen LogP contribution in [0.1, 0.15) is 20.8 Å². The predicted molar refractivity (Wildman–Crippen MR) is 88.8 cm³/mol. The van der Waals surface area contributed by atoms with Gasteiger partial charge in [0.15, 0.2) is 0 Å². The van der Waals surface area contributed by atoms with E-state index in [0.29, 0.717) is 4.91 Å². The summed E-state index contributed by atoms with van der Waals surface area (Å²) in [4.78, 5) is 26.7. The smallest absolute Gasteiger partial charge is 0.302 e. The van der Waals surface area contributed by atoms with Gasteiger partial charge in [0.05, 0.1) is 10.6 Å². The molecule has 1 aromatic rings. The second kappa shape index (κ2) is 6.83. The SMILES string of the molecule is CC(=O)OC/C(C)=C(C)/C=C1/Sc2ccccc2N(C)C1=O. The molecule has 116 valence electrons. The van der Waals surface area contributed by atoms with Crippen LogP contribution >= 0.6 is 11.8 Å². The number of amides is 1. The van der Waals surface area contributed by atoms with Crippen LogP contribution in [0.4, 0.5) is 5.69 Å². The quantitative estimate of drug-likeness (QED) is 0.632. The minimum Gasteiger partial charge on any atom is -0.461 e. The van der Waals surface area contributed by atoms with Crippen LogP contribution in [0, 0.1) is 0 Å². The van der Waals surface area contributed by atoms with Crippen LogP contribution in [0.3, 0.4) is 0 Å². The molecule has 0 saturated heterocycles. The Morgan fingerprint density at radius 2 is 1.95 bits per heavy atom. The molecule has 1 heterocycles. The van der Waals surface area contributed by atoms with Gasteiger partial charge >= 0.3 is 5.97 Å². The van der Waals surface area contributed by atoms with Gasteiger partial charge in [-0.2, -0.15) is 0 Å². The Labute approximate surface area is 134 Å². The number of likely N-dealkylation sites (N-methyl/N-ethyl adjacent to an activating group) is 1. The number of esters is 1. The number of carbonyl (C=O) groups excluding carboxylic acids is 2. The molecule has 5 heteroatoms. The molecular weight excluding hydrogens is 298 g/mol. The first-order chi connectivity index (χ1) is 10.4. The Hall–Kier alpha value is -2.01. The predicted octanol–water partition coefficient (Wildman–Crippen LogP) is 3.54. The molecule has 0 radical (unpaired) electrons. The summed E-state index contributed by atoms with van der Waals surface area (Å²) in [6, 6.07) is 7.82. The fraction of sp³-hybridized carbons (Fsp3) is 0.294. The number of nitrogens with zero attached hydrogens (tertiary/aromatic N) is 1. The average molecular weight is 317 g/mol.